The Hall–Kier alpha value is -0.740. The predicted octanol–water partition coefficient (Wildman–Crippen LogP) is 3.38. The van der Waals surface area contributed by atoms with Gasteiger partial charge in [-0.2, -0.15) is 11.8 Å². The Balaban J connectivity index is 1.96. The number of rotatable bonds is 7. The fourth-order valence-corrected chi connectivity index (χ4v) is 4.02. The summed E-state index contributed by atoms with van der Waals surface area (Å²) >= 11 is 2.10. The Kier molecular flexibility index (Phi) is 5.98. The average Bonchev–Trinajstić information content (AvgIpc) is 2.93. The largest absolute Gasteiger partial charge is 0.383 e. The van der Waals surface area contributed by atoms with Crippen molar-refractivity contribution in [3.63, 3.8) is 0 Å². The molecule has 1 atom stereocenters. The SMILES string of the molecule is CCCNC(CSC1CCCC1)c1cccnc1N. The lowest BCUT2D eigenvalue weighted by Crippen LogP contribution is -2.26. The van der Waals surface area contributed by atoms with Gasteiger partial charge in [-0.3, -0.25) is 0 Å². The van der Waals surface area contributed by atoms with E-state index in [-0.39, 0.29) is 0 Å². The van der Waals surface area contributed by atoms with Gasteiger partial charge in [0.25, 0.3) is 0 Å². The van der Waals surface area contributed by atoms with Crippen LogP contribution in [0.3, 0.4) is 0 Å². The van der Waals surface area contributed by atoms with Gasteiger partial charge in [0.2, 0.25) is 0 Å². The van der Waals surface area contributed by atoms with Crippen LogP contribution in [-0.4, -0.2) is 22.5 Å². The molecule has 0 aliphatic heterocycles. The van der Waals surface area contributed by atoms with E-state index in [0.717, 1.165) is 29.5 Å². The molecule has 1 aliphatic rings. The van der Waals surface area contributed by atoms with Gasteiger partial charge in [0, 0.05) is 28.8 Å². The summed E-state index contributed by atoms with van der Waals surface area (Å²) < 4.78 is 0. The van der Waals surface area contributed by atoms with Crippen molar-refractivity contribution in [2.24, 2.45) is 0 Å². The van der Waals surface area contributed by atoms with Crippen molar-refractivity contribution in [1.82, 2.24) is 10.3 Å². The van der Waals surface area contributed by atoms with E-state index >= 15 is 0 Å². The molecule has 19 heavy (non-hydrogen) atoms. The number of aromatic nitrogens is 1. The molecule has 1 aromatic heterocycles. The topological polar surface area (TPSA) is 50.9 Å². The number of hydrogen-bond acceptors (Lipinski definition) is 4. The molecule has 0 bridgehead atoms. The van der Waals surface area contributed by atoms with E-state index in [1.165, 1.54) is 25.7 Å². The van der Waals surface area contributed by atoms with Crippen molar-refractivity contribution in [3.8, 4) is 0 Å². The molecule has 1 aromatic rings. The second-order valence-electron chi connectivity index (χ2n) is 5.22. The van der Waals surface area contributed by atoms with Crippen molar-refractivity contribution in [1.29, 1.82) is 0 Å². The van der Waals surface area contributed by atoms with Crippen LogP contribution < -0.4 is 11.1 Å². The maximum atomic E-state index is 6.02. The highest BCUT2D eigenvalue weighted by molar-refractivity contribution is 7.99. The number of thioether (sulfide) groups is 1. The minimum absolute atomic E-state index is 0.333. The molecule has 2 rings (SSSR count). The zero-order chi connectivity index (χ0) is 13.5. The maximum absolute atomic E-state index is 6.02. The third-order valence-corrected chi connectivity index (χ3v) is 5.16. The third-order valence-electron chi connectivity index (χ3n) is 3.69. The van der Waals surface area contributed by atoms with E-state index in [1.807, 2.05) is 6.07 Å². The van der Waals surface area contributed by atoms with Crippen LogP contribution in [0.1, 0.15) is 50.6 Å². The summed E-state index contributed by atoms with van der Waals surface area (Å²) in [6, 6.07) is 4.41. The molecular formula is C15H25N3S. The summed E-state index contributed by atoms with van der Waals surface area (Å²) in [5.74, 6) is 1.77. The van der Waals surface area contributed by atoms with Crippen molar-refractivity contribution >= 4 is 17.6 Å². The van der Waals surface area contributed by atoms with Gasteiger partial charge in [-0.15, -0.1) is 0 Å². The fraction of sp³-hybridized carbons (Fsp3) is 0.667. The number of nitrogen functional groups attached to an aromatic ring is 1. The van der Waals surface area contributed by atoms with E-state index in [1.54, 1.807) is 6.20 Å². The highest BCUT2D eigenvalue weighted by atomic mass is 32.2. The van der Waals surface area contributed by atoms with Gasteiger partial charge in [-0.25, -0.2) is 4.98 Å². The van der Waals surface area contributed by atoms with Gasteiger partial charge in [-0.1, -0.05) is 25.8 Å². The van der Waals surface area contributed by atoms with Crippen LogP contribution in [0.5, 0.6) is 0 Å². The summed E-state index contributed by atoms with van der Waals surface area (Å²) in [4.78, 5) is 4.22. The second-order valence-corrected chi connectivity index (χ2v) is 6.56. The number of nitrogens with zero attached hydrogens (tertiary/aromatic N) is 1. The first kappa shape index (κ1) is 14.7. The van der Waals surface area contributed by atoms with Crippen LogP contribution in [0.25, 0.3) is 0 Å². The molecule has 3 N–H and O–H groups in total. The normalized spacial score (nSPS) is 17.7. The van der Waals surface area contributed by atoms with E-state index in [2.05, 4.69) is 35.1 Å². The Morgan fingerprint density at radius 2 is 2.26 bits per heavy atom. The number of hydrogen-bond donors (Lipinski definition) is 2. The molecule has 106 valence electrons. The second kappa shape index (κ2) is 7.75. The first-order chi connectivity index (χ1) is 9.31. The van der Waals surface area contributed by atoms with E-state index in [9.17, 15) is 0 Å². The summed E-state index contributed by atoms with van der Waals surface area (Å²) in [5, 5.41) is 4.46. The Bertz CT molecular complexity index is 377. The minimum Gasteiger partial charge on any atom is -0.383 e. The van der Waals surface area contributed by atoms with Gasteiger partial charge in [0.1, 0.15) is 5.82 Å². The van der Waals surface area contributed by atoms with Crippen molar-refractivity contribution in [2.75, 3.05) is 18.0 Å². The predicted molar refractivity (Wildman–Crippen MR) is 84.4 cm³/mol. The van der Waals surface area contributed by atoms with Crippen molar-refractivity contribution < 1.29 is 0 Å². The smallest absolute Gasteiger partial charge is 0.128 e. The van der Waals surface area contributed by atoms with Gasteiger partial charge in [-0.05, 0) is 31.9 Å². The lowest BCUT2D eigenvalue weighted by molar-refractivity contribution is 0.576. The molecule has 0 aromatic carbocycles. The molecular weight excluding hydrogens is 254 g/mol. The average molecular weight is 279 g/mol. The quantitative estimate of drug-likeness (QED) is 0.803. The van der Waals surface area contributed by atoms with Crippen LogP contribution >= 0.6 is 11.8 Å². The molecule has 0 amide bonds. The molecule has 1 heterocycles. The summed E-state index contributed by atoms with van der Waals surface area (Å²) in [5.41, 5.74) is 7.17. The molecule has 3 nitrogen and oxygen atoms in total. The standard InChI is InChI=1S/C15H25N3S/c1-2-9-17-14(11-19-12-6-3-4-7-12)13-8-5-10-18-15(13)16/h5,8,10,12,14,17H,2-4,6-7,9,11H2,1H3,(H2,16,18). The Morgan fingerprint density at radius 3 is 2.95 bits per heavy atom. The summed E-state index contributed by atoms with van der Waals surface area (Å²) in [7, 11) is 0. The highest BCUT2D eigenvalue weighted by Gasteiger charge is 2.19. The van der Waals surface area contributed by atoms with Crippen LogP contribution in [0.15, 0.2) is 18.3 Å². The molecule has 1 aliphatic carbocycles. The van der Waals surface area contributed by atoms with Gasteiger partial charge in [0.05, 0.1) is 0 Å². The van der Waals surface area contributed by atoms with Gasteiger partial charge in [0.15, 0.2) is 0 Å². The number of nitrogens with one attached hydrogen (secondary N) is 1. The first-order valence-corrected chi connectivity index (χ1v) is 8.41. The van der Waals surface area contributed by atoms with Crippen LogP contribution in [0, 0.1) is 0 Å². The molecule has 1 unspecified atom stereocenters. The van der Waals surface area contributed by atoms with E-state index < -0.39 is 0 Å². The summed E-state index contributed by atoms with van der Waals surface area (Å²) in [6.45, 7) is 3.23. The molecule has 0 spiro atoms. The molecule has 4 heteroatoms. The fourth-order valence-electron chi connectivity index (χ4n) is 2.59. The number of anilines is 1. The van der Waals surface area contributed by atoms with E-state index in [0.29, 0.717) is 11.9 Å². The van der Waals surface area contributed by atoms with Gasteiger partial charge >= 0.3 is 0 Å². The monoisotopic (exact) mass is 279 g/mol. The number of nitrogens with two attached hydrogens (primary N) is 1. The zero-order valence-electron chi connectivity index (χ0n) is 11.8. The zero-order valence-corrected chi connectivity index (χ0v) is 12.6. The molecule has 1 saturated carbocycles. The Morgan fingerprint density at radius 1 is 1.47 bits per heavy atom. The highest BCUT2D eigenvalue weighted by Crippen LogP contribution is 2.32. The third kappa shape index (κ3) is 4.39. The van der Waals surface area contributed by atoms with Crippen LogP contribution in [0.4, 0.5) is 5.82 Å². The van der Waals surface area contributed by atoms with Crippen LogP contribution in [-0.2, 0) is 0 Å². The van der Waals surface area contributed by atoms with Crippen molar-refractivity contribution in [2.45, 2.75) is 50.3 Å². The summed E-state index contributed by atoms with van der Waals surface area (Å²) in [6.07, 6.45) is 8.48. The van der Waals surface area contributed by atoms with Crippen molar-refractivity contribution in [3.05, 3.63) is 23.9 Å². The first-order valence-electron chi connectivity index (χ1n) is 7.36. The minimum atomic E-state index is 0.333. The van der Waals surface area contributed by atoms with E-state index in [4.69, 9.17) is 5.73 Å². The lowest BCUT2D eigenvalue weighted by Gasteiger charge is -2.21. The Labute approximate surface area is 120 Å². The molecule has 0 radical (unpaired) electrons. The van der Waals surface area contributed by atoms with Crippen LogP contribution in [0.2, 0.25) is 0 Å². The lowest BCUT2D eigenvalue weighted by atomic mass is 10.1. The maximum Gasteiger partial charge on any atom is 0.128 e. The molecule has 0 saturated heterocycles. The number of pyridine rings is 1. The molecule has 1 fully saturated rings. The van der Waals surface area contributed by atoms with Gasteiger partial charge < -0.3 is 11.1 Å².